The van der Waals surface area contributed by atoms with E-state index in [2.05, 4.69) is 19.1 Å². The molecule has 36 heavy (non-hydrogen) atoms. The monoisotopic (exact) mass is 509 g/mol. The lowest BCUT2D eigenvalue weighted by Crippen LogP contribution is -2.49. The Bertz CT molecular complexity index is 1200. The number of methoxy groups -OCH3 is 1. The highest BCUT2D eigenvalue weighted by molar-refractivity contribution is 6.12. The number of amides is 1. The summed E-state index contributed by atoms with van der Waals surface area (Å²) in [6.07, 6.45) is 0.179. The van der Waals surface area contributed by atoms with Gasteiger partial charge in [-0.1, -0.05) is 43.3 Å². The van der Waals surface area contributed by atoms with Gasteiger partial charge in [0.1, 0.15) is 17.2 Å². The molecule has 3 aromatic rings. The van der Waals surface area contributed by atoms with Gasteiger partial charge < -0.3 is 19.1 Å². The minimum Gasteiger partial charge on any atom is -0.496 e. The van der Waals surface area contributed by atoms with Crippen LogP contribution in [0.2, 0.25) is 5.54 Å². The molecule has 3 aromatic carbocycles. The smallest absolute Gasteiger partial charge is 0.410 e. The summed E-state index contributed by atoms with van der Waals surface area (Å²) in [5, 5.41) is 2.13. The number of hydrogen-bond donors (Lipinski definition) is 0. The Morgan fingerprint density at radius 3 is 2.61 bits per heavy atom. The third-order valence-corrected chi connectivity index (χ3v) is 8.84. The maximum atomic E-state index is 13.6. The van der Waals surface area contributed by atoms with E-state index in [1.165, 1.54) is 12.1 Å². The van der Waals surface area contributed by atoms with Gasteiger partial charge in [-0.3, -0.25) is 0 Å². The van der Waals surface area contributed by atoms with E-state index in [1.807, 2.05) is 50.2 Å². The van der Waals surface area contributed by atoms with E-state index >= 15 is 0 Å². The van der Waals surface area contributed by atoms with E-state index < -0.39 is 5.60 Å². The second kappa shape index (κ2) is 11.0. The zero-order valence-corrected chi connectivity index (χ0v) is 23.8. The van der Waals surface area contributed by atoms with Crippen molar-refractivity contribution >= 4 is 27.1 Å². The number of likely N-dealkylation sites (tertiary alicyclic amines) is 1. The average Bonchev–Trinajstić information content (AvgIpc) is 2.87. The molecule has 1 heterocycles. The molecule has 0 spiro atoms. The number of ether oxygens (including phenoxy) is 3. The Labute approximate surface area is 216 Å². The lowest BCUT2D eigenvalue weighted by molar-refractivity contribution is -0.0393. The van der Waals surface area contributed by atoms with E-state index in [0.717, 1.165) is 44.3 Å². The fourth-order valence-corrected chi connectivity index (χ4v) is 4.64. The molecular weight excluding hydrogens is 473 g/mol. The minimum atomic E-state index is -0.500. The van der Waals surface area contributed by atoms with Crippen LogP contribution in [0.25, 0.3) is 10.8 Å². The second-order valence-corrected chi connectivity index (χ2v) is 12.1. The first-order chi connectivity index (χ1) is 17.2. The number of hydrogen-bond acceptors (Lipinski definition) is 4. The number of nitrogens with zero attached hydrogens (tertiary/aromatic N) is 1. The Morgan fingerprint density at radius 1 is 1.17 bits per heavy atom. The van der Waals surface area contributed by atoms with E-state index in [1.54, 1.807) is 12.0 Å². The summed E-state index contributed by atoms with van der Waals surface area (Å²) in [6, 6.07) is 18.8. The highest BCUT2D eigenvalue weighted by atomic mass is 28.1. The molecule has 1 saturated heterocycles. The van der Waals surface area contributed by atoms with Gasteiger partial charge in [-0.2, -0.15) is 0 Å². The summed E-state index contributed by atoms with van der Waals surface area (Å²) in [4.78, 5) is 14.8. The van der Waals surface area contributed by atoms with Crippen LogP contribution in [0, 0.1) is 5.82 Å². The fourth-order valence-electron chi connectivity index (χ4n) is 4.52. The van der Waals surface area contributed by atoms with Gasteiger partial charge in [0, 0.05) is 28.1 Å². The summed E-state index contributed by atoms with van der Waals surface area (Å²) in [6.45, 7) is 7.44. The Hall–Kier alpha value is -2.90. The summed E-state index contributed by atoms with van der Waals surface area (Å²) < 4.78 is 31.4. The highest BCUT2D eigenvalue weighted by Gasteiger charge is 2.36. The lowest BCUT2D eigenvalue weighted by atomic mass is 9.87. The molecule has 4 rings (SSSR count). The molecule has 0 saturated carbocycles. The number of fused-ring (bicyclic) bond motifs is 1. The number of benzene rings is 3. The number of halogens is 1. The number of carbonyl (C=O) groups excluding carboxylic acids is 1. The predicted octanol–water partition coefficient (Wildman–Crippen LogP) is 5.45. The van der Waals surface area contributed by atoms with Crippen LogP contribution in [-0.4, -0.2) is 53.1 Å². The van der Waals surface area contributed by atoms with Crippen molar-refractivity contribution in [2.45, 2.75) is 57.0 Å². The summed E-state index contributed by atoms with van der Waals surface area (Å²) in [7, 11) is 2.61. The van der Waals surface area contributed by atoms with Crippen LogP contribution >= 0.6 is 0 Å². The van der Waals surface area contributed by atoms with Gasteiger partial charge in [-0.25, -0.2) is 9.18 Å². The summed E-state index contributed by atoms with van der Waals surface area (Å²) >= 11 is 0. The van der Waals surface area contributed by atoms with Crippen LogP contribution in [0.3, 0.4) is 0 Å². The standard InChI is InChI=1S/C29H36FNO4Si/c1-19(36)29(2,3)35-28(32)31-15-14-25(21-9-11-23(30)12-10-21)27(17-31)34-18-20-8-13-24-22(16-20)6-5-7-26(24)33-4/h5-13,16,19,25,27H,14-15,17-18H2,1-4,36H3. The van der Waals surface area contributed by atoms with Gasteiger partial charge in [0.15, 0.2) is 0 Å². The molecule has 1 aliphatic rings. The van der Waals surface area contributed by atoms with Crippen LogP contribution < -0.4 is 4.74 Å². The normalized spacial score (nSPS) is 19.3. The molecule has 0 bridgehead atoms. The van der Waals surface area contributed by atoms with Crippen molar-refractivity contribution in [3.63, 3.8) is 0 Å². The maximum Gasteiger partial charge on any atom is 0.410 e. The molecule has 3 unspecified atom stereocenters. The SMILES string of the molecule is COc1cccc2cc(COC3CN(C(=O)OC(C)(C)C(C)[SiH3])CCC3c3ccc(F)cc3)ccc12. The molecule has 0 aliphatic carbocycles. The largest absolute Gasteiger partial charge is 0.496 e. The third-order valence-electron chi connectivity index (χ3n) is 7.45. The summed E-state index contributed by atoms with van der Waals surface area (Å²) in [5.74, 6) is 0.633. The van der Waals surface area contributed by atoms with E-state index in [-0.39, 0.29) is 23.9 Å². The van der Waals surface area contributed by atoms with Crippen molar-refractivity contribution < 1.29 is 23.4 Å². The lowest BCUT2D eigenvalue weighted by Gasteiger charge is -2.40. The Balaban J connectivity index is 1.52. The van der Waals surface area contributed by atoms with Crippen molar-refractivity contribution in [1.29, 1.82) is 0 Å². The van der Waals surface area contributed by atoms with Crippen molar-refractivity contribution in [3.05, 3.63) is 77.6 Å². The first-order valence-electron chi connectivity index (χ1n) is 12.6. The Morgan fingerprint density at radius 2 is 1.92 bits per heavy atom. The molecule has 0 radical (unpaired) electrons. The zero-order chi connectivity index (χ0) is 25.9. The van der Waals surface area contributed by atoms with Gasteiger partial charge in [-0.15, -0.1) is 0 Å². The van der Waals surface area contributed by atoms with Crippen molar-refractivity contribution in [2.24, 2.45) is 0 Å². The quantitative estimate of drug-likeness (QED) is 0.398. The van der Waals surface area contributed by atoms with Gasteiger partial charge in [0.25, 0.3) is 0 Å². The first kappa shape index (κ1) is 26.2. The minimum absolute atomic E-state index is 0.0562. The highest BCUT2D eigenvalue weighted by Crippen LogP contribution is 2.33. The van der Waals surface area contributed by atoms with Crippen LogP contribution in [0.4, 0.5) is 9.18 Å². The topological polar surface area (TPSA) is 48.0 Å². The molecule has 7 heteroatoms. The molecule has 3 atom stereocenters. The number of carbonyl (C=O) groups is 1. The van der Waals surface area contributed by atoms with Crippen LogP contribution in [0.15, 0.2) is 60.7 Å². The van der Waals surface area contributed by atoms with E-state index in [0.29, 0.717) is 25.2 Å². The van der Waals surface area contributed by atoms with Crippen LogP contribution in [-0.2, 0) is 16.1 Å². The molecule has 5 nitrogen and oxygen atoms in total. The third kappa shape index (κ3) is 5.90. The van der Waals surface area contributed by atoms with E-state index in [9.17, 15) is 9.18 Å². The molecule has 1 fully saturated rings. The molecule has 1 amide bonds. The van der Waals surface area contributed by atoms with Gasteiger partial charge in [-0.05, 0) is 66.6 Å². The van der Waals surface area contributed by atoms with Gasteiger partial charge >= 0.3 is 6.09 Å². The Kier molecular flexibility index (Phi) is 8.00. The van der Waals surface area contributed by atoms with Crippen LogP contribution in [0.5, 0.6) is 5.75 Å². The number of rotatable bonds is 7. The maximum absolute atomic E-state index is 13.6. The fraction of sp³-hybridized carbons (Fsp3) is 0.414. The van der Waals surface area contributed by atoms with E-state index in [4.69, 9.17) is 14.2 Å². The number of piperidine rings is 1. The molecular formula is C29H36FNO4Si. The molecule has 0 N–H and O–H groups in total. The summed E-state index contributed by atoms with van der Waals surface area (Å²) in [5.41, 5.74) is 1.89. The molecule has 0 aromatic heterocycles. The van der Waals surface area contributed by atoms with Crippen LogP contribution in [0.1, 0.15) is 44.2 Å². The molecule has 1 aliphatic heterocycles. The van der Waals surface area contributed by atoms with Crippen molar-refractivity contribution in [1.82, 2.24) is 4.90 Å². The predicted molar refractivity (Wildman–Crippen MR) is 144 cm³/mol. The zero-order valence-electron chi connectivity index (χ0n) is 21.8. The van der Waals surface area contributed by atoms with Gasteiger partial charge in [0.05, 0.1) is 26.4 Å². The first-order valence-corrected chi connectivity index (χ1v) is 13.7. The van der Waals surface area contributed by atoms with Crippen molar-refractivity contribution in [2.75, 3.05) is 20.2 Å². The average molecular weight is 510 g/mol. The molecule has 192 valence electrons. The van der Waals surface area contributed by atoms with Crippen molar-refractivity contribution in [3.8, 4) is 5.75 Å². The van der Waals surface area contributed by atoms with Gasteiger partial charge in [0.2, 0.25) is 0 Å². The second-order valence-electron chi connectivity index (χ2n) is 10.4.